The van der Waals surface area contributed by atoms with E-state index in [1.54, 1.807) is 0 Å². The Bertz CT molecular complexity index is 219. The lowest BCUT2D eigenvalue weighted by Crippen LogP contribution is -2.55. The molecule has 1 saturated carbocycles. The number of nitrogens with zero attached hydrogens (tertiary/aromatic N) is 2. The van der Waals surface area contributed by atoms with Gasteiger partial charge in [0.05, 0.1) is 0 Å². The molecule has 2 fully saturated rings. The molecule has 3 nitrogen and oxygen atoms in total. The highest BCUT2D eigenvalue weighted by Crippen LogP contribution is 2.24. The maximum Gasteiger partial charge on any atom is 0.0218 e. The molecule has 0 bridgehead atoms. The van der Waals surface area contributed by atoms with Crippen LogP contribution < -0.4 is 5.73 Å². The fourth-order valence-electron chi connectivity index (χ4n) is 3.28. The van der Waals surface area contributed by atoms with E-state index in [-0.39, 0.29) is 0 Å². The second kappa shape index (κ2) is 5.48. The molecule has 0 aromatic rings. The van der Waals surface area contributed by atoms with Crippen LogP contribution in [0.5, 0.6) is 0 Å². The van der Waals surface area contributed by atoms with Crippen molar-refractivity contribution in [2.75, 3.05) is 26.7 Å². The first-order valence-electron chi connectivity index (χ1n) is 6.90. The smallest absolute Gasteiger partial charge is 0.0218 e. The first-order chi connectivity index (χ1) is 7.70. The number of piperazine rings is 1. The maximum absolute atomic E-state index is 6.09. The van der Waals surface area contributed by atoms with E-state index in [9.17, 15) is 0 Å². The summed E-state index contributed by atoms with van der Waals surface area (Å²) < 4.78 is 0. The Kier molecular flexibility index (Phi) is 4.22. The molecule has 94 valence electrons. The van der Waals surface area contributed by atoms with Gasteiger partial charge in [-0.3, -0.25) is 4.90 Å². The molecule has 2 N–H and O–H groups in total. The van der Waals surface area contributed by atoms with E-state index < -0.39 is 0 Å². The predicted molar refractivity (Wildman–Crippen MR) is 68.5 cm³/mol. The topological polar surface area (TPSA) is 32.5 Å². The molecule has 0 aromatic carbocycles. The summed E-state index contributed by atoms with van der Waals surface area (Å²) in [4.78, 5) is 5.21. The zero-order valence-corrected chi connectivity index (χ0v) is 10.9. The monoisotopic (exact) mass is 225 g/mol. The third kappa shape index (κ3) is 2.76. The van der Waals surface area contributed by atoms with Crippen molar-refractivity contribution in [3.8, 4) is 0 Å². The van der Waals surface area contributed by atoms with Crippen LogP contribution in [0.4, 0.5) is 0 Å². The van der Waals surface area contributed by atoms with E-state index in [1.165, 1.54) is 51.7 Å². The van der Waals surface area contributed by atoms with Crippen molar-refractivity contribution in [1.82, 2.24) is 9.80 Å². The van der Waals surface area contributed by atoms with Crippen LogP contribution in [-0.2, 0) is 0 Å². The minimum Gasteiger partial charge on any atom is -0.328 e. The van der Waals surface area contributed by atoms with Crippen molar-refractivity contribution in [3.63, 3.8) is 0 Å². The summed E-state index contributed by atoms with van der Waals surface area (Å²) in [5, 5.41) is 0. The van der Waals surface area contributed by atoms with Crippen LogP contribution in [-0.4, -0.2) is 54.6 Å². The molecule has 1 aliphatic heterocycles. The van der Waals surface area contributed by atoms with Crippen LogP contribution in [0.3, 0.4) is 0 Å². The number of likely N-dealkylation sites (N-methyl/N-ethyl adjacent to an activating group) is 1. The molecule has 0 radical (unpaired) electrons. The van der Waals surface area contributed by atoms with E-state index in [1.807, 2.05) is 0 Å². The standard InChI is InChI=1S/C13H27N3/c1-3-12-10-16(8-7-15(12)2)13-6-4-5-11(14)9-13/h11-13H,3-10,14H2,1-2H3. The number of hydrogen-bond acceptors (Lipinski definition) is 3. The van der Waals surface area contributed by atoms with Crippen molar-refractivity contribution < 1.29 is 0 Å². The van der Waals surface area contributed by atoms with Crippen molar-refractivity contribution in [2.24, 2.45) is 5.73 Å². The predicted octanol–water partition coefficient (Wildman–Crippen LogP) is 1.28. The fourth-order valence-corrected chi connectivity index (χ4v) is 3.28. The van der Waals surface area contributed by atoms with E-state index in [4.69, 9.17) is 5.73 Å². The Morgan fingerprint density at radius 1 is 1.25 bits per heavy atom. The van der Waals surface area contributed by atoms with Gasteiger partial charge in [-0.05, 0) is 32.7 Å². The van der Waals surface area contributed by atoms with Gasteiger partial charge in [0.1, 0.15) is 0 Å². The highest BCUT2D eigenvalue weighted by Gasteiger charge is 2.30. The van der Waals surface area contributed by atoms with Gasteiger partial charge < -0.3 is 10.6 Å². The van der Waals surface area contributed by atoms with Gasteiger partial charge in [0.25, 0.3) is 0 Å². The van der Waals surface area contributed by atoms with Crippen LogP contribution in [0.15, 0.2) is 0 Å². The summed E-state index contributed by atoms with van der Waals surface area (Å²) in [7, 11) is 2.26. The molecular formula is C13H27N3. The molecule has 0 spiro atoms. The molecule has 1 saturated heterocycles. The third-order valence-electron chi connectivity index (χ3n) is 4.48. The summed E-state index contributed by atoms with van der Waals surface area (Å²) >= 11 is 0. The fraction of sp³-hybridized carbons (Fsp3) is 1.00. The maximum atomic E-state index is 6.09. The number of hydrogen-bond donors (Lipinski definition) is 1. The van der Waals surface area contributed by atoms with Crippen LogP contribution in [0.1, 0.15) is 39.0 Å². The minimum absolute atomic E-state index is 0.457. The Hall–Kier alpha value is -0.120. The van der Waals surface area contributed by atoms with E-state index in [2.05, 4.69) is 23.8 Å². The van der Waals surface area contributed by atoms with E-state index >= 15 is 0 Å². The minimum atomic E-state index is 0.457. The van der Waals surface area contributed by atoms with Crippen LogP contribution in [0, 0.1) is 0 Å². The van der Waals surface area contributed by atoms with E-state index in [0.717, 1.165) is 12.1 Å². The molecule has 1 aliphatic carbocycles. The lowest BCUT2D eigenvalue weighted by molar-refractivity contribution is 0.0466. The molecule has 0 aromatic heterocycles. The second-order valence-corrected chi connectivity index (χ2v) is 5.62. The molecular weight excluding hydrogens is 198 g/mol. The van der Waals surface area contributed by atoms with Crippen molar-refractivity contribution in [2.45, 2.75) is 57.2 Å². The summed E-state index contributed by atoms with van der Waals surface area (Å²) in [6.45, 7) is 6.02. The van der Waals surface area contributed by atoms with Crippen molar-refractivity contribution in [3.05, 3.63) is 0 Å². The molecule has 1 heterocycles. The van der Waals surface area contributed by atoms with Crippen molar-refractivity contribution in [1.29, 1.82) is 0 Å². The molecule has 3 unspecified atom stereocenters. The third-order valence-corrected chi connectivity index (χ3v) is 4.48. The van der Waals surface area contributed by atoms with Crippen molar-refractivity contribution >= 4 is 0 Å². The Morgan fingerprint density at radius 3 is 2.75 bits per heavy atom. The number of rotatable bonds is 2. The largest absolute Gasteiger partial charge is 0.328 e. The summed E-state index contributed by atoms with van der Waals surface area (Å²) in [5.74, 6) is 0. The van der Waals surface area contributed by atoms with Gasteiger partial charge in [0, 0.05) is 37.8 Å². The second-order valence-electron chi connectivity index (χ2n) is 5.62. The Morgan fingerprint density at radius 2 is 2.06 bits per heavy atom. The van der Waals surface area contributed by atoms with Gasteiger partial charge in [-0.15, -0.1) is 0 Å². The van der Waals surface area contributed by atoms with Gasteiger partial charge in [-0.25, -0.2) is 0 Å². The summed E-state index contributed by atoms with van der Waals surface area (Å²) in [6, 6.07) is 1.98. The van der Waals surface area contributed by atoms with E-state index in [0.29, 0.717) is 6.04 Å². The van der Waals surface area contributed by atoms with Gasteiger partial charge in [0.15, 0.2) is 0 Å². The highest BCUT2D eigenvalue weighted by atomic mass is 15.3. The lowest BCUT2D eigenvalue weighted by Gasteiger charge is -2.44. The SMILES string of the molecule is CCC1CN(C2CCCC(N)C2)CCN1C. The summed E-state index contributed by atoms with van der Waals surface area (Å²) in [5.41, 5.74) is 6.09. The van der Waals surface area contributed by atoms with Crippen LogP contribution >= 0.6 is 0 Å². The molecule has 0 amide bonds. The van der Waals surface area contributed by atoms with Gasteiger partial charge >= 0.3 is 0 Å². The van der Waals surface area contributed by atoms with Gasteiger partial charge in [0.2, 0.25) is 0 Å². The zero-order valence-electron chi connectivity index (χ0n) is 10.9. The normalized spacial score (nSPS) is 38.8. The van der Waals surface area contributed by atoms with Gasteiger partial charge in [-0.1, -0.05) is 13.3 Å². The lowest BCUT2D eigenvalue weighted by atomic mass is 9.89. The highest BCUT2D eigenvalue weighted by molar-refractivity contribution is 4.87. The quantitative estimate of drug-likeness (QED) is 0.768. The average molecular weight is 225 g/mol. The first kappa shape index (κ1) is 12.3. The number of nitrogens with two attached hydrogens (primary N) is 1. The summed E-state index contributed by atoms with van der Waals surface area (Å²) in [6.07, 6.45) is 6.43. The molecule has 3 atom stereocenters. The Balaban J connectivity index is 1.89. The van der Waals surface area contributed by atoms with Crippen LogP contribution in [0.2, 0.25) is 0 Å². The van der Waals surface area contributed by atoms with Gasteiger partial charge in [-0.2, -0.15) is 0 Å². The molecule has 3 heteroatoms. The van der Waals surface area contributed by atoms with Crippen LogP contribution in [0.25, 0.3) is 0 Å². The Labute approximate surface area is 100.0 Å². The molecule has 2 rings (SSSR count). The first-order valence-corrected chi connectivity index (χ1v) is 6.90. The molecule has 2 aliphatic rings. The average Bonchev–Trinajstić information content (AvgIpc) is 2.29. The molecule has 16 heavy (non-hydrogen) atoms. The zero-order chi connectivity index (χ0) is 11.5.